The Morgan fingerprint density at radius 1 is 1.64 bits per heavy atom. The van der Waals surface area contributed by atoms with Crippen molar-refractivity contribution in [2.45, 2.75) is 24.9 Å². The number of aromatic nitrogens is 2. The van der Waals surface area contributed by atoms with Crippen LogP contribution in [-0.4, -0.2) is 16.0 Å². The largest absolute Gasteiger partial charge is 0.255 e. The van der Waals surface area contributed by atoms with E-state index in [1.54, 1.807) is 18.0 Å². The first kappa shape index (κ1) is 8.94. The summed E-state index contributed by atoms with van der Waals surface area (Å²) in [6, 6.07) is 0.380. The highest BCUT2D eigenvalue weighted by atomic mass is 35.5. The van der Waals surface area contributed by atoms with Gasteiger partial charge in [0.1, 0.15) is 5.03 Å². The molecule has 0 aliphatic heterocycles. The molecule has 0 saturated carbocycles. The van der Waals surface area contributed by atoms with Crippen molar-refractivity contribution < 1.29 is 0 Å². The standard InChI is InChI=1S/C7H11ClN2S/c1-5(2)10-7(11-3)6(8)4-9-10/h4-5H,1-3H3. The Morgan fingerprint density at radius 2 is 2.27 bits per heavy atom. The average Bonchev–Trinajstić information content (AvgIpc) is 2.30. The van der Waals surface area contributed by atoms with Crippen molar-refractivity contribution in [3.8, 4) is 0 Å². The molecule has 0 saturated heterocycles. The number of halogens is 1. The maximum atomic E-state index is 5.88. The van der Waals surface area contributed by atoms with Gasteiger partial charge in [-0.15, -0.1) is 11.8 Å². The van der Waals surface area contributed by atoms with E-state index in [1.807, 2.05) is 10.9 Å². The fraction of sp³-hybridized carbons (Fsp3) is 0.571. The van der Waals surface area contributed by atoms with Gasteiger partial charge in [-0.2, -0.15) is 5.10 Å². The zero-order valence-electron chi connectivity index (χ0n) is 6.84. The summed E-state index contributed by atoms with van der Waals surface area (Å²) >= 11 is 7.51. The molecule has 0 unspecified atom stereocenters. The molecule has 0 N–H and O–H groups in total. The van der Waals surface area contributed by atoms with Crippen LogP contribution in [0.1, 0.15) is 19.9 Å². The Labute approximate surface area is 75.9 Å². The van der Waals surface area contributed by atoms with Gasteiger partial charge >= 0.3 is 0 Å². The third-order valence-electron chi connectivity index (χ3n) is 1.39. The van der Waals surface area contributed by atoms with Gasteiger partial charge in [-0.25, -0.2) is 0 Å². The monoisotopic (exact) mass is 190 g/mol. The highest BCUT2D eigenvalue weighted by Crippen LogP contribution is 2.26. The summed E-state index contributed by atoms with van der Waals surface area (Å²) < 4.78 is 1.92. The summed E-state index contributed by atoms with van der Waals surface area (Å²) in [4.78, 5) is 0. The second-order valence-corrected chi connectivity index (χ2v) is 3.74. The van der Waals surface area contributed by atoms with Crippen LogP contribution in [0.3, 0.4) is 0 Å². The highest BCUT2D eigenvalue weighted by molar-refractivity contribution is 7.98. The summed E-state index contributed by atoms with van der Waals surface area (Å²) in [7, 11) is 0. The van der Waals surface area contributed by atoms with E-state index >= 15 is 0 Å². The fourth-order valence-corrected chi connectivity index (χ4v) is 1.94. The predicted molar refractivity (Wildman–Crippen MR) is 49.4 cm³/mol. The first-order valence-corrected chi connectivity index (χ1v) is 5.04. The van der Waals surface area contributed by atoms with E-state index in [0.29, 0.717) is 6.04 Å². The van der Waals surface area contributed by atoms with E-state index in [9.17, 15) is 0 Å². The van der Waals surface area contributed by atoms with Gasteiger partial charge in [0.25, 0.3) is 0 Å². The SMILES string of the molecule is CSc1c(Cl)cnn1C(C)C. The van der Waals surface area contributed by atoms with Crippen molar-refractivity contribution in [3.05, 3.63) is 11.2 Å². The lowest BCUT2D eigenvalue weighted by Gasteiger charge is -2.08. The second kappa shape index (κ2) is 3.50. The Hall–Kier alpha value is -0.150. The van der Waals surface area contributed by atoms with Gasteiger partial charge < -0.3 is 0 Å². The van der Waals surface area contributed by atoms with Gasteiger partial charge in [0.05, 0.1) is 11.2 Å². The Morgan fingerprint density at radius 3 is 2.64 bits per heavy atom. The molecule has 1 aromatic heterocycles. The van der Waals surface area contributed by atoms with Crippen molar-refractivity contribution in [3.63, 3.8) is 0 Å². The summed E-state index contributed by atoms with van der Waals surface area (Å²) in [6.45, 7) is 4.17. The molecule has 1 aromatic rings. The van der Waals surface area contributed by atoms with Gasteiger partial charge in [-0.05, 0) is 20.1 Å². The zero-order chi connectivity index (χ0) is 8.43. The fourth-order valence-electron chi connectivity index (χ4n) is 0.889. The summed E-state index contributed by atoms with van der Waals surface area (Å²) in [5, 5.41) is 5.94. The van der Waals surface area contributed by atoms with E-state index in [-0.39, 0.29) is 0 Å². The number of nitrogens with zero attached hydrogens (tertiary/aromatic N) is 2. The zero-order valence-corrected chi connectivity index (χ0v) is 8.41. The minimum absolute atomic E-state index is 0.380. The van der Waals surface area contributed by atoms with Crippen molar-refractivity contribution in [1.29, 1.82) is 0 Å². The summed E-state index contributed by atoms with van der Waals surface area (Å²) in [6.07, 6.45) is 3.69. The van der Waals surface area contributed by atoms with E-state index in [1.165, 1.54) is 0 Å². The lowest BCUT2D eigenvalue weighted by Crippen LogP contribution is -2.03. The van der Waals surface area contributed by atoms with Crippen LogP contribution in [0, 0.1) is 0 Å². The third kappa shape index (κ3) is 1.71. The molecule has 0 aliphatic carbocycles. The molecule has 1 rings (SSSR count). The molecule has 0 aliphatic rings. The molecule has 1 heterocycles. The molecule has 0 amide bonds. The topological polar surface area (TPSA) is 17.8 Å². The van der Waals surface area contributed by atoms with Crippen LogP contribution in [-0.2, 0) is 0 Å². The number of hydrogen-bond acceptors (Lipinski definition) is 2. The minimum Gasteiger partial charge on any atom is -0.255 e. The maximum Gasteiger partial charge on any atom is 0.113 e. The minimum atomic E-state index is 0.380. The molecular formula is C7H11ClN2S. The van der Waals surface area contributed by atoms with Gasteiger partial charge in [-0.3, -0.25) is 4.68 Å². The van der Waals surface area contributed by atoms with Crippen LogP contribution < -0.4 is 0 Å². The second-order valence-electron chi connectivity index (χ2n) is 2.54. The van der Waals surface area contributed by atoms with E-state index in [0.717, 1.165) is 10.0 Å². The Balaban J connectivity index is 3.05. The van der Waals surface area contributed by atoms with E-state index < -0.39 is 0 Å². The van der Waals surface area contributed by atoms with Gasteiger partial charge in [0.2, 0.25) is 0 Å². The average molecular weight is 191 g/mol. The lowest BCUT2D eigenvalue weighted by atomic mass is 10.4. The Bertz CT molecular complexity index is 245. The molecule has 0 fully saturated rings. The summed E-state index contributed by atoms with van der Waals surface area (Å²) in [5.74, 6) is 0. The molecule has 0 atom stereocenters. The van der Waals surface area contributed by atoms with Crippen LogP contribution in [0.2, 0.25) is 5.02 Å². The van der Waals surface area contributed by atoms with Crippen LogP contribution in [0.5, 0.6) is 0 Å². The molecule has 62 valence electrons. The molecule has 4 heteroatoms. The molecule has 0 bridgehead atoms. The molecule has 11 heavy (non-hydrogen) atoms. The van der Waals surface area contributed by atoms with Crippen molar-refractivity contribution in [2.24, 2.45) is 0 Å². The van der Waals surface area contributed by atoms with E-state index in [2.05, 4.69) is 18.9 Å². The van der Waals surface area contributed by atoms with Crippen LogP contribution in [0.15, 0.2) is 11.2 Å². The summed E-state index contributed by atoms with van der Waals surface area (Å²) in [5.41, 5.74) is 0. The van der Waals surface area contributed by atoms with Crippen LogP contribution in [0.25, 0.3) is 0 Å². The number of rotatable bonds is 2. The van der Waals surface area contributed by atoms with Crippen LogP contribution in [0.4, 0.5) is 0 Å². The van der Waals surface area contributed by atoms with Gasteiger partial charge in [0.15, 0.2) is 0 Å². The highest BCUT2D eigenvalue weighted by Gasteiger charge is 2.09. The van der Waals surface area contributed by atoms with Crippen molar-refractivity contribution in [2.75, 3.05) is 6.26 Å². The normalized spacial score (nSPS) is 11.0. The van der Waals surface area contributed by atoms with Crippen LogP contribution >= 0.6 is 23.4 Å². The first-order chi connectivity index (χ1) is 5.16. The maximum absolute atomic E-state index is 5.88. The molecule has 0 radical (unpaired) electrons. The molecule has 0 aromatic carbocycles. The third-order valence-corrected chi connectivity index (χ3v) is 2.57. The van der Waals surface area contributed by atoms with E-state index in [4.69, 9.17) is 11.6 Å². The van der Waals surface area contributed by atoms with Crippen molar-refractivity contribution >= 4 is 23.4 Å². The smallest absolute Gasteiger partial charge is 0.113 e. The van der Waals surface area contributed by atoms with Gasteiger partial charge in [-0.1, -0.05) is 11.6 Å². The van der Waals surface area contributed by atoms with Crippen molar-refractivity contribution in [1.82, 2.24) is 9.78 Å². The number of thioether (sulfide) groups is 1. The molecule has 0 spiro atoms. The number of hydrogen-bond donors (Lipinski definition) is 0. The van der Waals surface area contributed by atoms with Gasteiger partial charge in [0, 0.05) is 6.04 Å². The first-order valence-electron chi connectivity index (χ1n) is 3.43. The molecular weight excluding hydrogens is 180 g/mol. The molecule has 2 nitrogen and oxygen atoms in total. The quantitative estimate of drug-likeness (QED) is 0.668. The predicted octanol–water partition coefficient (Wildman–Crippen LogP) is 2.84. The Kier molecular flexibility index (Phi) is 2.84. The lowest BCUT2D eigenvalue weighted by molar-refractivity contribution is 0.493.